The Morgan fingerprint density at radius 3 is 2.26 bits per heavy atom. The Labute approximate surface area is 138 Å². The zero-order chi connectivity index (χ0) is 16.1. The van der Waals surface area contributed by atoms with Crippen LogP contribution in [-0.4, -0.2) is 5.16 Å². The van der Waals surface area contributed by atoms with Gasteiger partial charge in [-0.3, -0.25) is 0 Å². The zero-order valence-corrected chi connectivity index (χ0v) is 14.7. The quantitative estimate of drug-likeness (QED) is 0.650. The number of allylic oxidation sites excluding steroid dienone is 1. The van der Waals surface area contributed by atoms with E-state index in [1.165, 1.54) is 18.4 Å². The van der Waals surface area contributed by atoms with Crippen molar-refractivity contribution in [1.29, 1.82) is 0 Å². The normalized spacial score (nSPS) is 33.0. The van der Waals surface area contributed by atoms with Crippen molar-refractivity contribution in [2.75, 3.05) is 0 Å². The first kappa shape index (κ1) is 15.0. The van der Waals surface area contributed by atoms with Crippen LogP contribution in [-0.2, 0) is 4.57 Å². The van der Waals surface area contributed by atoms with E-state index in [1.54, 1.807) is 0 Å². The minimum absolute atomic E-state index is 0.108. The third kappa shape index (κ3) is 1.90. The average Bonchev–Trinajstić information content (AvgIpc) is 3.06. The molecule has 3 atom stereocenters. The highest BCUT2D eigenvalue weighted by Crippen LogP contribution is 2.79. The molecule has 0 radical (unpaired) electrons. The van der Waals surface area contributed by atoms with Crippen LogP contribution >= 0.6 is 7.14 Å². The van der Waals surface area contributed by atoms with Gasteiger partial charge in [0, 0.05) is 15.8 Å². The lowest BCUT2D eigenvalue weighted by atomic mass is 9.89. The number of rotatable bonds is 2. The summed E-state index contributed by atoms with van der Waals surface area (Å²) in [7, 11) is -2.65. The van der Waals surface area contributed by atoms with Crippen molar-refractivity contribution < 1.29 is 4.57 Å². The molecule has 2 aliphatic rings. The summed E-state index contributed by atoms with van der Waals surface area (Å²) in [6.07, 6.45) is 3.43. The Balaban J connectivity index is 2.02. The molecule has 1 fully saturated rings. The number of benzene rings is 2. The van der Waals surface area contributed by atoms with Crippen LogP contribution in [0, 0.1) is 5.92 Å². The molecule has 0 bridgehead atoms. The molecule has 2 aromatic carbocycles. The molecule has 0 N–H and O–H groups in total. The molecule has 4 rings (SSSR count). The lowest BCUT2D eigenvalue weighted by molar-refractivity contribution is 0.494. The van der Waals surface area contributed by atoms with Gasteiger partial charge >= 0.3 is 0 Å². The summed E-state index contributed by atoms with van der Waals surface area (Å²) in [6, 6.07) is 20.6. The molecule has 2 heteroatoms. The summed E-state index contributed by atoms with van der Waals surface area (Å²) < 4.78 is 14.6. The Hall–Kier alpha value is -1.59. The minimum Gasteiger partial charge on any atom is -0.313 e. The maximum Gasteiger partial charge on any atom is 0.149 e. The van der Waals surface area contributed by atoms with Crippen LogP contribution in [0.1, 0.15) is 38.7 Å². The molecule has 0 spiro atoms. The molecule has 0 saturated heterocycles. The SMILES string of the molecule is CC1=C(c2ccccc2)[P@@](=O)(c2ccccc2)[C@]2(C)CCC[C@@H]12. The highest BCUT2D eigenvalue weighted by molar-refractivity contribution is 7.83. The largest absolute Gasteiger partial charge is 0.313 e. The van der Waals surface area contributed by atoms with Gasteiger partial charge in [0.2, 0.25) is 0 Å². The van der Waals surface area contributed by atoms with E-state index < -0.39 is 7.14 Å². The minimum atomic E-state index is -2.65. The third-order valence-electron chi connectivity index (χ3n) is 6.02. The van der Waals surface area contributed by atoms with Crippen LogP contribution in [0.3, 0.4) is 0 Å². The summed E-state index contributed by atoms with van der Waals surface area (Å²) in [6.45, 7) is 4.50. The maximum atomic E-state index is 14.6. The van der Waals surface area contributed by atoms with Crippen molar-refractivity contribution >= 4 is 17.8 Å². The Bertz CT molecular complexity index is 806. The molecule has 0 amide bonds. The third-order valence-corrected chi connectivity index (χ3v) is 10.3. The van der Waals surface area contributed by atoms with Gasteiger partial charge in [-0.05, 0) is 31.2 Å². The van der Waals surface area contributed by atoms with Crippen LogP contribution in [0.5, 0.6) is 0 Å². The number of hydrogen-bond acceptors (Lipinski definition) is 1. The molecule has 1 heterocycles. The molecule has 23 heavy (non-hydrogen) atoms. The van der Waals surface area contributed by atoms with Crippen molar-refractivity contribution in [3.63, 3.8) is 0 Å². The first-order valence-electron chi connectivity index (χ1n) is 8.51. The summed E-state index contributed by atoms with van der Waals surface area (Å²) in [4.78, 5) is 0. The smallest absolute Gasteiger partial charge is 0.149 e. The first-order chi connectivity index (χ1) is 11.1. The standard InChI is InChI=1S/C21H23OP/c1-16-19-14-9-15-21(19,2)23(22,18-12-7-4-8-13-18)20(16)17-10-5-3-6-11-17/h3-8,10-13,19H,9,14-15H2,1-2H3/t19-,21+,23-/m0/s1. The van der Waals surface area contributed by atoms with Crippen molar-refractivity contribution in [3.8, 4) is 0 Å². The predicted octanol–water partition coefficient (Wildman–Crippen LogP) is 5.68. The fourth-order valence-corrected chi connectivity index (χ4v) is 9.30. The first-order valence-corrected chi connectivity index (χ1v) is 10.2. The van der Waals surface area contributed by atoms with Crippen LogP contribution < -0.4 is 5.30 Å². The second-order valence-corrected chi connectivity index (χ2v) is 10.3. The molecule has 1 nitrogen and oxygen atoms in total. The predicted molar refractivity (Wildman–Crippen MR) is 98.5 cm³/mol. The van der Waals surface area contributed by atoms with Gasteiger partial charge in [0.1, 0.15) is 7.14 Å². The van der Waals surface area contributed by atoms with Crippen molar-refractivity contribution in [2.24, 2.45) is 5.92 Å². The lowest BCUT2D eigenvalue weighted by Gasteiger charge is -2.34. The van der Waals surface area contributed by atoms with Crippen molar-refractivity contribution in [1.82, 2.24) is 0 Å². The molecule has 1 saturated carbocycles. The highest BCUT2D eigenvalue weighted by Gasteiger charge is 2.60. The van der Waals surface area contributed by atoms with E-state index >= 15 is 0 Å². The molecule has 0 aromatic heterocycles. The fourth-order valence-electron chi connectivity index (χ4n) is 4.95. The second kappa shape index (κ2) is 5.21. The number of fused-ring (bicyclic) bond motifs is 1. The average molecular weight is 322 g/mol. The second-order valence-electron chi connectivity index (χ2n) is 7.14. The molecule has 1 aliphatic carbocycles. The monoisotopic (exact) mass is 322 g/mol. The Kier molecular flexibility index (Phi) is 3.39. The molecule has 1 aliphatic heterocycles. The van der Waals surface area contributed by atoms with Gasteiger partial charge in [0.25, 0.3) is 0 Å². The topological polar surface area (TPSA) is 17.1 Å². The van der Waals surface area contributed by atoms with Crippen LogP contribution in [0.2, 0.25) is 0 Å². The van der Waals surface area contributed by atoms with Gasteiger partial charge in [0.05, 0.1) is 0 Å². The van der Waals surface area contributed by atoms with E-state index in [-0.39, 0.29) is 5.16 Å². The number of hydrogen-bond donors (Lipinski definition) is 0. The van der Waals surface area contributed by atoms with E-state index in [4.69, 9.17) is 0 Å². The van der Waals surface area contributed by atoms with E-state index in [0.29, 0.717) is 5.92 Å². The zero-order valence-electron chi connectivity index (χ0n) is 13.8. The van der Waals surface area contributed by atoms with Crippen molar-refractivity contribution in [2.45, 2.75) is 38.3 Å². The van der Waals surface area contributed by atoms with Crippen LogP contribution in [0.25, 0.3) is 5.31 Å². The van der Waals surface area contributed by atoms with E-state index in [2.05, 4.69) is 50.2 Å². The molecular formula is C21H23OP. The summed E-state index contributed by atoms with van der Waals surface area (Å²) in [5.41, 5.74) is 2.51. The van der Waals surface area contributed by atoms with E-state index in [0.717, 1.165) is 22.6 Å². The fraction of sp³-hybridized carbons (Fsp3) is 0.333. The molecule has 2 aromatic rings. The summed E-state index contributed by atoms with van der Waals surface area (Å²) in [5.74, 6) is 0.462. The molecular weight excluding hydrogens is 299 g/mol. The van der Waals surface area contributed by atoms with Gasteiger partial charge in [-0.25, -0.2) is 0 Å². The van der Waals surface area contributed by atoms with Gasteiger partial charge in [-0.1, -0.05) is 79.6 Å². The summed E-state index contributed by atoms with van der Waals surface area (Å²) in [5, 5.41) is 2.06. The lowest BCUT2D eigenvalue weighted by Crippen LogP contribution is -2.29. The van der Waals surface area contributed by atoms with Gasteiger partial charge in [-0.2, -0.15) is 0 Å². The van der Waals surface area contributed by atoms with E-state index in [1.807, 2.05) is 24.3 Å². The van der Waals surface area contributed by atoms with Crippen LogP contribution in [0.4, 0.5) is 0 Å². The van der Waals surface area contributed by atoms with E-state index in [9.17, 15) is 4.57 Å². The Morgan fingerprint density at radius 1 is 1.00 bits per heavy atom. The van der Waals surface area contributed by atoms with Gasteiger partial charge in [0.15, 0.2) is 0 Å². The van der Waals surface area contributed by atoms with Gasteiger partial charge in [-0.15, -0.1) is 0 Å². The highest BCUT2D eigenvalue weighted by atomic mass is 31.2. The molecule has 118 valence electrons. The maximum absolute atomic E-state index is 14.6. The van der Waals surface area contributed by atoms with Gasteiger partial charge < -0.3 is 4.57 Å². The molecule has 0 unspecified atom stereocenters. The van der Waals surface area contributed by atoms with Crippen LogP contribution in [0.15, 0.2) is 66.2 Å². The van der Waals surface area contributed by atoms with Crippen molar-refractivity contribution in [3.05, 3.63) is 71.8 Å². The summed E-state index contributed by atoms with van der Waals surface area (Å²) >= 11 is 0. The Morgan fingerprint density at radius 2 is 1.61 bits per heavy atom.